The van der Waals surface area contributed by atoms with E-state index in [2.05, 4.69) is 15.3 Å². The van der Waals surface area contributed by atoms with Crippen LogP contribution in [0.3, 0.4) is 0 Å². The highest BCUT2D eigenvalue weighted by molar-refractivity contribution is 7.89. The minimum atomic E-state index is -3.13. The van der Waals surface area contributed by atoms with Crippen LogP contribution in [0.4, 0.5) is 0 Å². The molecule has 0 unspecified atom stereocenters. The molecule has 1 aromatic rings. The van der Waals surface area contributed by atoms with Crippen LogP contribution in [0.5, 0.6) is 0 Å². The number of piperazine rings is 1. The number of hydrogen-bond acceptors (Lipinski definition) is 5. The van der Waals surface area contributed by atoms with Gasteiger partial charge in [-0.25, -0.2) is 13.4 Å². The summed E-state index contributed by atoms with van der Waals surface area (Å²) in [5.74, 6) is 0.546. The second kappa shape index (κ2) is 7.17. The van der Waals surface area contributed by atoms with Gasteiger partial charge in [-0.1, -0.05) is 0 Å². The Morgan fingerprint density at radius 1 is 1.35 bits per heavy atom. The van der Waals surface area contributed by atoms with E-state index < -0.39 is 10.0 Å². The first-order valence-corrected chi connectivity index (χ1v) is 9.71. The fraction of sp³-hybridized carbons (Fsp3) is 0.750. The van der Waals surface area contributed by atoms with Crippen molar-refractivity contribution in [2.24, 2.45) is 0 Å². The molecule has 0 atom stereocenters. The van der Waals surface area contributed by atoms with Crippen molar-refractivity contribution >= 4 is 33.0 Å². The van der Waals surface area contributed by atoms with Crippen molar-refractivity contribution in [2.45, 2.75) is 19.9 Å². The first-order valence-electron chi connectivity index (χ1n) is 6.68. The van der Waals surface area contributed by atoms with Crippen molar-refractivity contribution in [3.05, 3.63) is 16.1 Å². The van der Waals surface area contributed by atoms with Crippen LogP contribution >= 0.6 is 22.9 Å². The molecule has 0 spiro atoms. The number of hydrogen-bond donors (Lipinski definition) is 0. The van der Waals surface area contributed by atoms with Gasteiger partial charge in [-0.05, 0) is 13.3 Å². The van der Waals surface area contributed by atoms with Crippen LogP contribution in [-0.4, -0.2) is 60.4 Å². The zero-order valence-corrected chi connectivity index (χ0v) is 14.0. The van der Waals surface area contributed by atoms with E-state index >= 15 is 0 Å². The zero-order valence-electron chi connectivity index (χ0n) is 11.6. The van der Waals surface area contributed by atoms with E-state index in [1.807, 2.05) is 6.92 Å². The lowest BCUT2D eigenvalue weighted by Crippen LogP contribution is -2.48. The molecule has 0 amide bonds. The number of aromatic nitrogens is 1. The van der Waals surface area contributed by atoms with Crippen molar-refractivity contribution in [1.82, 2.24) is 14.2 Å². The van der Waals surface area contributed by atoms with Crippen LogP contribution < -0.4 is 0 Å². The lowest BCUT2D eigenvalue weighted by molar-refractivity contribution is 0.180. The summed E-state index contributed by atoms with van der Waals surface area (Å²) in [5.41, 5.74) is 1.07. The van der Waals surface area contributed by atoms with Gasteiger partial charge in [-0.15, -0.1) is 22.9 Å². The fourth-order valence-corrected chi connectivity index (χ4v) is 4.62. The Morgan fingerprint density at radius 3 is 2.60 bits per heavy atom. The third-order valence-corrected chi connectivity index (χ3v) is 6.36. The zero-order chi connectivity index (χ0) is 14.6. The van der Waals surface area contributed by atoms with Crippen molar-refractivity contribution in [3.63, 3.8) is 0 Å². The molecule has 0 radical (unpaired) electrons. The molecule has 8 heteroatoms. The van der Waals surface area contributed by atoms with E-state index in [-0.39, 0.29) is 5.75 Å². The predicted molar refractivity (Wildman–Crippen MR) is 82.8 cm³/mol. The molecule has 0 aromatic carbocycles. The topological polar surface area (TPSA) is 53.5 Å². The number of nitrogens with zero attached hydrogens (tertiary/aromatic N) is 3. The van der Waals surface area contributed by atoms with Gasteiger partial charge >= 0.3 is 0 Å². The molecule has 20 heavy (non-hydrogen) atoms. The first-order chi connectivity index (χ1) is 9.51. The summed E-state index contributed by atoms with van der Waals surface area (Å²) in [7, 11) is -3.13. The minimum Gasteiger partial charge on any atom is -0.295 e. The Balaban J connectivity index is 1.83. The number of halogens is 1. The van der Waals surface area contributed by atoms with Crippen LogP contribution in [0, 0.1) is 6.92 Å². The number of aryl methyl sites for hydroxylation is 1. The molecule has 0 N–H and O–H groups in total. The van der Waals surface area contributed by atoms with Gasteiger partial charge in [0.1, 0.15) is 0 Å². The number of sulfonamides is 1. The van der Waals surface area contributed by atoms with E-state index in [0.29, 0.717) is 25.4 Å². The van der Waals surface area contributed by atoms with Crippen LogP contribution in [0.25, 0.3) is 0 Å². The SMILES string of the molecule is Cc1nc(CN2CCN(S(=O)(=O)CCCCl)CC2)cs1. The highest BCUT2D eigenvalue weighted by Gasteiger charge is 2.26. The molecule has 114 valence electrons. The Kier molecular flexibility index (Phi) is 5.80. The molecule has 0 aliphatic carbocycles. The molecule has 1 aromatic heterocycles. The average Bonchev–Trinajstić information content (AvgIpc) is 2.82. The van der Waals surface area contributed by atoms with E-state index in [9.17, 15) is 8.42 Å². The summed E-state index contributed by atoms with van der Waals surface area (Å²) >= 11 is 7.22. The standard InChI is InChI=1S/C12H20ClN3O2S2/c1-11-14-12(10-19-11)9-15-4-6-16(7-5-15)20(17,18)8-2-3-13/h10H,2-9H2,1H3. The van der Waals surface area contributed by atoms with Crippen LogP contribution in [0.15, 0.2) is 5.38 Å². The molecule has 1 fully saturated rings. The summed E-state index contributed by atoms with van der Waals surface area (Å²) in [6.45, 7) is 5.45. The second-order valence-electron chi connectivity index (χ2n) is 4.89. The average molecular weight is 338 g/mol. The highest BCUT2D eigenvalue weighted by atomic mass is 35.5. The Bertz CT molecular complexity index is 525. The molecule has 1 aliphatic heterocycles. The van der Waals surface area contributed by atoms with Gasteiger partial charge in [0.25, 0.3) is 0 Å². The van der Waals surface area contributed by atoms with E-state index in [4.69, 9.17) is 11.6 Å². The highest BCUT2D eigenvalue weighted by Crippen LogP contribution is 2.14. The van der Waals surface area contributed by atoms with Crippen LogP contribution in [-0.2, 0) is 16.6 Å². The van der Waals surface area contributed by atoms with Gasteiger partial charge in [-0.2, -0.15) is 4.31 Å². The summed E-state index contributed by atoms with van der Waals surface area (Å²) in [5, 5.41) is 3.14. The predicted octanol–water partition coefficient (Wildman–Crippen LogP) is 1.53. The number of thiazole rings is 1. The molecular formula is C12H20ClN3O2S2. The van der Waals surface area contributed by atoms with E-state index in [1.165, 1.54) is 0 Å². The first kappa shape index (κ1) is 16.2. The van der Waals surface area contributed by atoms with Gasteiger partial charge in [0.2, 0.25) is 10.0 Å². The second-order valence-corrected chi connectivity index (χ2v) is 8.42. The lowest BCUT2D eigenvalue weighted by atomic mass is 10.3. The van der Waals surface area contributed by atoms with Crippen molar-refractivity contribution in [2.75, 3.05) is 37.8 Å². The van der Waals surface area contributed by atoms with Crippen molar-refractivity contribution in [3.8, 4) is 0 Å². The van der Waals surface area contributed by atoms with Crippen LogP contribution in [0.1, 0.15) is 17.1 Å². The van der Waals surface area contributed by atoms with E-state index in [1.54, 1.807) is 15.6 Å². The lowest BCUT2D eigenvalue weighted by Gasteiger charge is -2.33. The van der Waals surface area contributed by atoms with E-state index in [0.717, 1.165) is 30.3 Å². The Hall–Kier alpha value is -0.210. The summed E-state index contributed by atoms with van der Waals surface area (Å²) in [4.78, 5) is 6.70. The monoisotopic (exact) mass is 337 g/mol. The molecule has 1 aliphatic rings. The molecule has 1 saturated heterocycles. The molecular weight excluding hydrogens is 318 g/mol. The maximum atomic E-state index is 12.1. The van der Waals surface area contributed by atoms with Crippen LogP contribution in [0.2, 0.25) is 0 Å². The summed E-state index contributed by atoms with van der Waals surface area (Å²) in [6, 6.07) is 0. The van der Waals surface area contributed by atoms with Gasteiger partial charge in [0.15, 0.2) is 0 Å². The normalized spacial score (nSPS) is 18.5. The van der Waals surface area contributed by atoms with Crippen molar-refractivity contribution in [1.29, 1.82) is 0 Å². The Labute approximate surface area is 129 Å². The fourth-order valence-electron chi connectivity index (χ4n) is 2.24. The molecule has 0 saturated carbocycles. The third-order valence-electron chi connectivity index (χ3n) is 3.31. The quantitative estimate of drug-likeness (QED) is 0.739. The molecule has 2 rings (SSSR count). The maximum Gasteiger partial charge on any atom is 0.214 e. The van der Waals surface area contributed by atoms with Gasteiger partial charge in [0.05, 0.1) is 16.5 Å². The van der Waals surface area contributed by atoms with Gasteiger partial charge in [-0.3, -0.25) is 4.90 Å². The van der Waals surface area contributed by atoms with Gasteiger partial charge in [0, 0.05) is 44.0 Å². The maximum absolute atomic E-state index is 12.1. The van der Waals surface area contributed by atoms with Crippen molar-refractivity contribution < 1.29 is 8.42 Å². The molecule has 0 bridgehead atoms. The molecule has 2 heterocycles. The third kappa shape index (κ3) is 4.39. The molecule has 5 nitrogen and oxygen atoms in total. The smallest absolute Gasteiger partial charge is 0.214 e. The summed E-state index contributed by atoms with van der Waals surface area (Å²) < 4.78 is 25.7. The number of alkyl halides is 1. The largest absolute Gasteiger partial charge is 0.295 e. The summed E-state index contributed by atoms with van der Waals surface area (Å²) in [6.07, 6.45) is 0.516. The minimum absolute atomic E-state index is 0.155. The number of rotatable bonds is 6. The Morgan fingerprint density at radius 2 is 2.05 bits per heavy atom. The van der Waals surface area contributed by atoms with Gasteiger partial charge < -0.3 is 0 Å².